The van der Waals surface area contributed by atoms with Crippen LogP contribution < -0.4 is 10.6 Å². The molecule has 122 valence electrons. The maximum absolute atomic E-state index is 12.2. The second-order valence-corrected chi connectivity index (χ2v) is 5.24. The van der Waals surface area contributed by atoms with Crippen molar-refractivity contribution in [3.05, 3.63) is 59.7 Å². The van der Waals surface area contributed by atoms with Gasteiger partial charge in [0.25, 0.3) is 11.8 Å². The molecule has 4 amide bonds. The highest BCUT2D eigenvalue weighted by molar-refractivity contribution is 6.21. The normalized spacial score (nSPS) is 12.9. The van der Waals surface area contributed by atoms with Crippen LogP contribution in [-0.2, 0) is 0 Å². The molecule has 7 heteroatoms. The van der Waals surface area contributed by atoms with Crippen LogP contribution in [-0.4, -0.2) is 40.9 Å². The van der Waals surface area contributed by atoms with Crippen molar-refractivity contribution in [2.24, 2.45) is 0 Å². The molecule has 1 aliphatic heterocycles. The molecule has 24 heavy (non-hydrogen) atoms. The lowest BCUT2D eigenvalue weighted by molar-refractivity contribution is 0.0656. The first-order chi connectivity index (χ1) is 11.6. The van der Waals surface area contributed by atoms with Gasteiger partial charge in [-0.15, -0.1) is 0 Å². The van der Waals surface area contributed by atoms with Crippen molar-refractivity contribution in [1.82, 2.24) is 10.2 Å². The lowest BCUT2D eigenvalue weighted by Crippen LogP contribution is -2.39. The number of nitrogens with zero attached hydrogens (tertiary/aromatic N) is 1. The van der Waals surface area contributed by atoms with E-state index in [2.05, 4.69) is 10.6 Å². The number of aromatic hydroxyl groups is 1. The first-order valence-electron chi connectivity index (χ1n) is 7.35. The number of benzene rings is 2. The fraction of sp³-hybridized carbons (Fsp3) is 0.118. The van der Waals surface area contributed by atoms with E-state index in [1.54, 1.807) is 36.4 Å². The van der Waals surface area contributed by atoms with E-state index in [1.807, 2.05) is 0 Å². The molecule has 3 rings (SSSR count). The zero-order valence-corrected chi connectivity index (χ0v) is 12.7. The first kappa shape index (κ1) is 15.5. The molecule has 0 bridgehead atoms. The van der Waals surface area contributed by atoms with E-state index in [4.69, 9.17) is 0 Å². The maximum atomic E-state index is 12.2. The van der Waals surface area contributed by atoms with Crippen LogP contribution >= 0.6 is 0 Å². The smallest absolute Gasteiger partial charge is 0.319 e. The summed E-state index contributed by atoms with van der Waals surface area (Å²) in [5, 5.41) is 14.5. The molecule has 0 saturated carbocycles. The number of hydrogen-bond donors (Lipinski definition) is 3. The summed E-state index contributed by atoms with van der Waals surface area (Å²) < 4.78 is 0. The largest absolute Gasteiger partial charge is 0.508 e. The molecule has 0 spiro atoms. The highest BCUT2D eigenvalue weighted by Gasteiger charge is 2.34. The highest BCUT2D eigenvalue weighted by atomic mass is 16.3. The van der Waals surface area contributed by atoms with E-state index in [1.165, 1.54) is 12.1 Å². The van der Waals surface area contributed by atoms with Crippen LogP contribution in [0.25, 0.3) is 0 Å². The van der Waals surface area contributed by atoms with E-state index in [0.29, 0.717) is 16.8 Å². The van der Waals surface area contributed by atoms with Gasteiger partial charge in [-0.2, -0.15) is 0 Å². The van der Waals surface area contributed by atoms with Gasteiger partial charge in [0.2, 0.25) is 0 Å². The minimum Gasteiger partial charge on any atom is -0.508 e. The zero-order chi connectivity index (χ0) is 17.1. The third kappa shape index (κ3) is 3.05. The Balaban J connectivity index is 1.53. The van der Waals surface area contributed by atoms with Crippen LogP contribution in [0.2, 0.25) is 0 Å². The number of phenols is 1. The number of amides is 4. The van der Waals surface area contributed by atoms with Gasteiger partial charge in [0.1, 0.15) is 5.75 Å². The molecule has 1 aliphatic rings. The minimum absolute atomic E-state index is 0.0406. The number of hydrogen-bond acceptors (Lipinski definition) is 4. The number of carbonyl (C=O) groups excluding carboxylic acids is 3. The molecule has 0 aliphatic carbocycles. The average Bonchev–Trinajstić information content (AvgIpc) is 2.80. The van der Waals surface area contributed by atoms with Crippen molar-refractivity contribution in [2.75, 3.05) is 18.4 Å². The van der Waals surface area contributed by atoms with Gasteiger partial charge in [0.05, 0.1) is 11.1 Å². The quantitative estimate of drug-likeness (QED) is 0.747. The average molecular weight is 325 g/mol. The Labute approximate surface area is 137 Å². The van der Waals surface area contributed by atoms with Crippen LogP contribution in [0.5, 0.6) is 5.75 Å². The van der Waals surface area contributed by atoms with Crippen molar-refractivity contribution >= 4 is 23.5 Å². The number of imide groups is 1. The van der Waals surface area contributed by atoms with Crippen molar-refractivity contribution < 1.29 is 19.5 Å². The molecule has 1 heterocycles. The molecule has 0 atom stereocenters. The predicted octanol–water partition coefficient (Wildman–Crippen LogP) is 1.81. The lowest BCUT2D eigenvalue weighted by Gasteiger charge is -2.14. The monoisotopic (exact) mass is 325 g/mol. The summed E-state index contributed by atoms with van der Waals surface area (Å²) in [6.07, 6.45) is 0. The summed E-state index contributed by atoms with van der Waals surface area (Å²) in [5.74, 6) is -0.671. The minimum atomic E-state index is -0.489. The summed E-state index contributed by atoms with van der Waals surface area (Å²) in [4.78, 5) is 37.2. The summed E-state index contributed by atoms with van der Waals surface area (Å²) in [5.41, 5.74) is 1.20. The molecule has 2 aromatic carbocycles. The van der Waals surface area contributed by atoms with Crippen molar-refractivity contribution in [3.63, 3.8) is 0 Å². The standard InChI is InChI=1S/C17H15N3O4/c21-12-5-3-4-11(10-12)19-17(24)18-8-9-20-15(22)13-6-1-2-7-14(13)16(20)23/h1-7,10,21H,8-9H2,(H2,18,19,24). The molecule has 3 N–H and O–H groups in total. The molecule has 7 nitrogen and oxygen atoms in total. The van der Waals surface area contributed by atoms with Gasteiger partial charge in [-0.3, -0.25) is 14.5 Å². The number of fused-ring (bicyclic) bond motifs is 1. The van der Waals surface area contributed by atoms with Crippen LogP contribution in [0.3, 0.4) is 0 Å². The highest BCUT2D eigenvalue weighted by Crippen LogP contribution is 2.21. The number of phenolic OH excluding ortho intramolecular Hbond substituents is 1. The Morgan fingerprint density at radius 2 is 1.67 bits per heavy atom. The van der Waals surface area contributed by atoms with Crippen LogP contribution in [0.1, 0.15) is 20.7 Å². The molecule has 0 radical (unpaired) electrons. The van der Waals surface area contributed by atoms with Gasteiger partial charge in [0.15, 0.2) is 0 Å². The number of urea groups is 1. The van der Waals surface area contributed by atoms with Crippen LogP contribution in [0, 0.1) is 0 Å². The summed E-state index contributed by atoms with van der Waals surface area (Å²) >= 11 is 0. The Morgan fingerprint density at radius 1 is 1.00 bits per heavy atom. The van der Waals surface area contributed by atoms with E-state index in [-0.39, 0.29) is 30.7 Å². The predicted molar refractivity (Wildman–Crippen MR) is 86.9 cm³/mol. The Morgan fingerprint density at radius 3 is 2.29 bits per heavy atom. The van der Waals surface area contributed by atoms with Crippen molar-refractivity contribution in [2.45, 2.75) is 0 Å². The third-order valence-electron chi connectivity index (χ3n) is 3.60. The third-order valence-corrected chi connectivity index (χ3v) is 3.60. The number of nitrogens with one attached hydrogen (secondary N) is 2. The number of carbonyl (C=O) groups is 3. The fourth-order valence-electron chi connectivity index (χ4n) is 2.48. The number of anilines is 1. The van der Waals surface area contributed by atoms with Gasteiger partial charge >= 0.3 is 6.03 Å². The van der Waals surface area contributed by atoms with Gasteiger partial charge < -0.3 is 15.7 Å². The molecule has 0 aromatic heterocycles. The Bertz CT molecular complexity index is 784. The zero-order valence-electron chi connectivity index (χ0n) is 12.7. The van der Waals surface area contributed by atoms with Crippen molar-refractivity contribution in [3.8, 4) is 5.75 Å². The SMILES string of the molecule is O=C(NCCN1C(=O)c2ccccc2C1=O)Nc1cccc(O)c1. The molecule has 0 fully saturated rings. The van der Waals surface area contributed by atoms with Gasteiger partial charge in [-0.05, 0) is 24.3 Å². The van der Waals surface area contributed by atoms with Crippen LogP contribution in [0.4, 0.5) is 10.5 Å². The second kappa shape index (κ2) is 6.41. The Kier molecular flexibility index (Phi) is 4.15. The molecule has 2 aromatic rings. The van der Waals surface area contributed by atoms with E-state index < -0.39 is 6.03 Å². The molecule has 0 saturated heterocycles. The topological polar surface area (TPSA) is 98.7 Å². The van der Waals surface area contributed by atoms with Crippen LogP contribution in [0.15, 0.2) is 48.5 Å². The lowest BCUT2D eigenvalue weighted by atomic mass is 10.1. The Hall–Kier alpha value is -3.35. The fourth-order valence-corrected chi connectivity index (χ4v) is 2.48. The van der Waals surface area contributed by atoms with E-state index in [9.17, 15) is 19.5 Å². The summed E-state index contributed by atoms with van der Waals surface area (Å²) in [6.45, 7) is 0.204. The van der Waals surface area contributed by atoms with Gasteiger partial charge in [0, 0.05) is 24.8 Å². The second-order valence-electron chi connectivity index (χ2n) is 5.24. The van der Waals surface area contributed by atoms with Crippen molar-refractivity contribution in [1.29, 1.82) is 0 Å². The molecular formula is C17H15N3O4. The van der Waals surface area contributed by atoms with E-state index in [0.717, 1.165) is 4.90 Å². The number of rotatable bonds is 4. The summed E-state index contributed by atoms with van der Waals surface area (Å²) in [7, 11) is 0. The van der Waals surface area contributed by atoms with Gasteiger partial charge in [-0.25, -0.2) is 4.79 Å². The molecular weight excluding hydrogens is 310 g/mol. The summed E-state index contributed by atoms with van der Waals surface area (Å²) in [6, 6.07) is 12.3. The van der Waals surface area contributed by atoms with E-state index >= 15 is 0 Å². The first-order valence-corrected chi connectivity index (χ1v) is 7.35. The van der Waals surface area contributed by atoms with Gasteiger partial charge in [-0.1, -0.05) is 18.2 Å². The molecule has 0 unspecified atom stereocenters. The maximum Gasteiger partial charge on any atom is 0.319 e.